The molecule has 0 fully saturated rings. The number of nitrogens with one attached hydrogen (secondary N) is 1. The molecule has 0 saturated carbocycles. The highest BCUT2D eigenvalue weighted by Gasteiger charge is 2.07. The van der Waals surface area contributed by atoms with Crippen molar-refractivity contribution >= 4 is 12.0 Å². The molecule has 0 atom stereocenters. The van der Waals surface area contributed by atoms with Crippen LogP contribution >= 0.6 is 12.0 Å². The molecule has 0 rings (SSSR count). The molecule has 0 aliphatic heterocycles. The van der Waals surface area contributed by atoms with Crippen LogP contribution in [0.5, 0.6) is 0 Å². The van der Waals surface area contributed by atoms with E-state index in [1.165, 1.54) is 0 Å². The van der Waals surface area contributed by atoms with Gasteiger partial charge in [-0.05, 0) is 5.41 Å². The smallest absolute Gasteiger partial charge is 0.0555 e. The quantitative estimate of drug-likeness (QED) is 0.285. The Labute approximate surface area is 89.9 Å². The lowest BCUT2D eigenvalue weighted by atomic mass is 9.97. The van der Waals surface area contributed by atoms with E-state index in [4.69, 9.17) is 10.4 Å². The van der Waals surface area contributed by atoms with E-state index in [2.05, 4.69) is 35.5 Å². The third-order valence-corrected chi connectivity index (χ3v) is 1.24. The van der Waals surface area contributed by atoms with Gasteiger partial charge in [0.2, 0.25) is 0 Å². The monoisotopic (exact) mass is 227 g/mol. The van der Waals surface area contributed by atoms with Crippen molar-refractivity contribution in [2.24, 2.45) is 5.41 Å². The third kappa shape index (κ3) is 22.7. The molecule has 0 aromatic rings. The fraction of sp³-hybridized carbons (Fsp3) is 1.00. The van der Waals surface area contributed by atoms with Crippen LogP contribution in [0, 0.1) is 5.41 Å². The molecule has 5 nitrogen and oxygen atoms in total. The molecule has 3 N–H and O–H groups in total. The van der Waals surface area contributed by atoms with Crippen LogP contribution in [0.1, 0.15) is 20.8 Å². The predicted octanol–water partition coefficient (Wildman–Crippen LogP) is 1.30. The van der Waals surface area contributed by atoms with Gasteiger partial charge in [-0.25, -0.2) is 5.26 Å². The van der Waals surface area contributed by atoms with Gasteiger partial charge in [-0.3, -0.25) is 0 Å². The van der Waals surface area contributed by atoms with E-state index in [0.717, 1.165) is 18.6 Å². The highest BCUT2D eigenvalue weighted by Crippen LogP contribution is 2.09. The Morgan fingerprint density at radius 2 is 1.93 bits per heavy atom. The zero-order valence-corrected chi connectivity index (χ0v) is 10.1. The van der Waals surface area contributed by atoms with Gasteiger partial charge in [0.1, 0.15) is 0 Å². The minimum absolute atomic E-state index is 0.232. The first kappa shape index (κ1) is 16.6. The number of hydrogen-bond acceptors (Lipinski definition) is 6. The van der Waals surface area contributed by atoms with Crippen LogP contribution in [0.25, 0.3) is 0 Å². The molecule has 0 aromatic carbocycles. The zero-order chi connectivity index (χ0) is 11.4. The summed E-state index contributed by atoms with van der Waals surface area (Å²) in [4.78, 5) is 0. The van der Waals surface area contributed by atoms with Crippen LogP contribution in [0.2, 0.25) is 0 Å². The Morgan fingerprint density at radius 1 is 1.36 bits per heavy atom. The van der Waals surface area contributed by atoms with Gasteiger partial charge in [-0.15, -0.1) is 4.33 Å². The highest BCUT2D eigenvalue weighted by molar-refractivity contribution is 7.93. The summed E-state index contributed by atoms with van der Waals surface area (Å²) in [6, 6.07) is 0. The van der Waals surface area contributed by atoms with Gasteiger partial charge in [-0.1, -0.05) is 25.8 Å². The van der Waals surface area contributed by atoms with Crippen molar-refractivity contribution in [3.8, 4) is 0 Å². The largest absolute Gasteiger partial charge is 0.395 e. The van der Waals surface area contributed by atoms with Gasteiger partial charge in [0.05, 0.1) is 6.61 Å². The van der Waals surface area contributed by atoms with Crippen LogP contribution in [0.3, 0.4) is 0 Å². The summed E-state index contributed by atoms with van der Waals surface area (Å²) < 4.78 is 3.81. The van der Waals surface area contributed by atoms with Crippen LogP contribution in [-0.2, 0) is 9.37 Å². The van der Waals surface area contributed by atoms with Crippen LogP contribution in [0.4, 0.5) is 0 Å². The molecule has 88 valence electrons. The lowest BCUT2D eigenvalue weighted by Gasteiger charge is -2.17. The molecule has 0 unspecified atom stereocenters. The van der Waals surface area contributed by atoms with E-state index in [1.54, 1.807) is 6.26 Å². The van der Waals surface area contributed by atoms with E-state index in [-0.39, 0.29) is 6.61 Å². The fourth-order valence-electron chi connectivity index (χ4n) is 0.573. The molecule has 0 saturated heterocycles. The molecule has 0 heterocycles. The average molecular weight is 227 g/mol. The Hall–Kier alpha value is 0.150. The standard InChI is InChI=1S/C7H17NO.CH4O3S/c1-7(2,3)6-8-4-5-9;1-5-4-3-2/h8-9H,4-6H2,1-3H3;2H,1H3. The van der Waals surface area contributed by atoms with E-state index in [0.29, 0.717) is 12.0 Å². The summed E-state index contributed by atoms with van der Waals surface area (Å²) >= 11 is 0.929. The van der Waals surface area contributed by atoms with Gasteiger partial charge in [0.25, 0.3) is 0 Å². The van der Waals surface area contributed by atoms with Crippen LogP contribution in [-0.4, -0.2) is 36.3 Å². The molecule has 0 aliphatic carbocycles. The van der Waals surface area contributed by atoms with Crippen molar-refractivity contribution in [1.82, 2.24) is 5.32 Å². The first-order chi connectivity index (χ1) is 6.47. The molecular formula is C8H21NO4S. The van der Waals surface area contributed by atoms with Crippen molar-refractivity contribution < 1.29 is 19.7 Å². The minimum Gasteiger partial charge on any atom is -0.395 e. The normalized spacial score (nSPS) is 10.7. The lowest BCUT2D eigenvalue weighted by molar-refractivity contribution is -0.432. The molecule has 0 bridgehead atoms. The molecule has 14 heavy (non-hydrogen) atoms. The molecule has 0 amide bonds. The first-order valence-corrected chi connectivity index (χ1v) is 5.45. The topological polar surface area (TPSA) is 71.0 Å². The second kappa shape index (κ2) is 11.2. The molecule has 0 aromatic heterocycles. The number of rotatable bonds is 5. The number of hydrogen-bond donors (Lipinski definition) is 3. The SMILES string of the molecule is CC(C)(C)CNCCO.CSOOO. The van der Waals surface area contributed by atoms with Gasteiger partial charge in [0.15, 0.2) is 0 Å². The Kier molecular flexibility index (Phi) is 13.3. The van der Waals surface area contributed by atoms with E-state index in [1.807, 2.05) is 0 Å². The number of aliphatic hydroxyl groups is 1. The Morgan fingerprint density at radius 3 is 2.14 bits per heavy atom. The Bertz CT molecular complexity index is 106. The highest BCUT2D eigenvalue weighted by atomic mass is 32.2. The van der Waals surface area contributed by atoms with Gasteiger partial charge in [-0.2, -0.15) is 0 Å². The summed E-state index contributed by atoms with van der Waals surface area (Å²) in [6.45, 7) is 8.40. The summed E-state index contributed by atoms with van der Waals surface area (Å²) in [5.41, 5.74) is 0.329. The van der Waals surface area contributed by atoms with Gasteiger partial charge < -0.3 is 10.4 Å². The van der Waals surface area contributed by atoms with Crippen molar-refractivity contribution in [3.63, 3.8) is 0 Å². The Balaban J connectivity index is 0. The second-order valence-corrected chi connectivity index (χ2v) is 4.24. The van der Waals surface area contributed by atoms with E-state index in [9.17, 15) is 0 Å². The second-order valence-electron chi connectivity index (χ2n) is 3.77. The van der Waals surface area contributed by atoms with Crippen molar-refractivity contribution in [2.75, 3.05) is 26.0 Å². The maximum Gasteiger partial charge on any atom is 0.0555 e. The predicted molar refractivity (Wildman–Crippen MR) is 57.7 cm³/mol. The maximum atomic E-state index is 8.40. The summed E-state index contributed by atoms with van der Waals surface area (Å²) in [5, 5.41) is 22.0. The van der Waals surface area contributed by atoms with Crippen molar-refractivity contribution in [1.29, 1.82) is 0 Å². The third-order valence-electron chi connectivity index (χ3n) is 1.04. The average Bonchev–Trinajstić information content (AvgIpc) is 2.05. The summed E-state index contributed by atoms with van der Waals surface area (Å²) in [5.74, 6) is 0. The lowest BCUT2D eigenvalue weighted by Crippen LogP contribution is -2.28. The molecule has 0 radical (unpaired) electrons. The fourth-order valence-corrected chi connectivity index (χ4v) is 0.634. The van der Waals surface area contributed by atoms with Crippen LogP contribution < -0.4 is 5.32 Å². The van der Waals surface area contributed by atoms with Gasteiger partial charge >= 0.3 is 0 Å². The molecule has 0 spiro atoms. The number of aliphatic hydroxyl groups excluding tert-OH is 1. The molecule has 0 aliphatic rings. The first-order valence-electron chi connectivity index (χ1n) is 4.30. The summed E-state index contributed by atoms with van der Waals surface area (Å²) in [6.07, 6.45) is 1.62. The zero-order valence-electron chi connectivity index (χ0n) is 9.24. The van der Waals surface area contributed by atoms with E-state index >= 15 is 0 Å². The summed E-state index contributed by atoms with van der Waals surface area (Å²) in [7, 11) is 0. The van der Waals surface area contributed by atoms with E-state index < -0.39 is 0 Å². The van der Waals surface area contributed by atoms with Crippen molar-refractivity contribution in [2.45, 2.75) is 20.8 Å². The van der Waals surface area contributed by atoms with Crippen molar-refractivity contribution in [3.05, 3.63) is 0 Å². The molecular weight excluding hydrogens is 206 g/mol. The van der Waals surface area contributed by atoms with Crippen LogP contribution in [0.15, 0.2) is 0 Å². The maximum absolute atomic E-state index is 8.40. The van der Waals surface area contributed by atoms with Gasteiger partial charge in [0, 0.05) is 31.4 Å². The molecule has 6 heteroatoms. The minimum atomic E-state index is 0.232.